The van der Waals surface area contributed by atoms with E-state index in [1.165, 1.54) is 0 Å². The molecule has 11 heteroatoms. The van der Waals surface area contributed by atoms with Gasteiger partial charge in [-0.3, -0.25) is 19.2 Å². The number of hydrogen-bond donors (Lipinski definition) is 2. The summed E-state index contributed by atoms with van der Waals surface area (Å²) in [6, 6.07) is 1.69. The molecule has 1 aliphatic rings. The SMILES string of the molecule is CCOc1ncc(I)cc1C(=O)Nc1c(CC)nn(CCN2CCOCC2)c1C(N)=O. The fraction of sp³-hybridized carbons (Fsp3) is 0.500. The molecule has 3 rings (SSSR count). The number of hydrogen-bond acceptors (Lipinski definition) is 7. The molecule has 0 aromatic carbocycles. The summed E-state index contributed by atoms with van der Waals surface area (Å²) in [5.74, 6) is -0.839. The number of nitrogens with one attached hydrogen (secondary N) is 1. The van der Waals surface area contributed by atoms with Crippen LogP contribution in [-0.4, -0.2) is 70.9 Å². The predicted molar refractivity (Wildman–Crippen MR) is 123 cm³/mol. The van der Waals surface area contributed by atoms with Gasteiger partial charge < -0.3 is 20.5 Å². The minimum atomic E-state index is -0.643. The summed E-state index contributed by atoms with van der Waals surface area (Å²) >= 11 is 2.08. The maximum Gasteiger partial charge on any atom is 0.269 e. The van der Waals surface area contributed by atoms with Gasteiger partial charge in [-0.15, -0.1) is 0 Å². The molecule has 0 atom stereocenters. The number of pyridine rings is 1. The number of ether oxygens (including phenoxy) is 2. The van der Waals surface area contributed by atoms with Gasteiger partial charge in [-0.2, -0.15) is 5.10 Å². The third-order valence-electron chi connectivity index (χ3n) is 4.91. The zero-order valence-electron chi connectivity index (χ0n) is 17.7. The van der Waals surface area contributed by atoms with Crippen LogP contribution in [0, 0.1) is 3.57 Å². The molecule has 2 aromatic heterocycles. The summed E-state index contributed by atoms with van der Waals surface area (Å²) in [4.78, 5) is 31.8. The van der Waals surface area contributed by atoms with Crippen molar-refractivity contribution in [1.29, 1.82) is 0 Å². The summed E-state index contributed by atoms with van der Waals surface area (Å²) in [6.45, 7) is 8.33. The number of morpholine rings is 1. The van der Waals surface area contributed by atoms with Crippen LogP contribution in [0.15, 0.2) is 12.3 Å². The van der Waals surface area contributed by atoms with E-state index in [4.69, 9.17) is 15.2 Å². The first kappa shape index (κ1) is 23.4. The van der Waals surface area contributed by atoms with Crippen LogP contribution in [0.3, 0.4) is 0 Å². The number of nitrogens with two attached hydrogens (primary N) is 1. The average molecular weight is 542 g/mol. The molecule has 2 aromatic rings. The molecule has 3 heterocycles. The Balaban J connectivity index is 1.88. The zero-order valence-corrected chi connectivity index (χ0v) is 19.8. The van der Waals surface area contributed by atoms with Gasteiger partial charge in [0.1, 0.15) is 11.3 Å². The first-order chi connectivity index (χ1) is 14.9. The highest BCUT2D eigenvalue weighted by atomic mass is 127. The molecule has 0 unspecified atom stereocenters. The van der Waals surface area contributed by atoms with Crippen molar-refractivity contribution in [2.24, 2.45) is 5.73 Å². The number of aromatic nitrogens is 3. The van der Waals surface area contributed by atoms with Crippen LogP contribution in [0.25, 0.3) is 0 Å². The third kappa shape index (κ3) is 5.71. The molecule has 168 valence electrons. The normalized spacial score (nSPS) is 14.4. The molecule has 3 N–H and O–H groups in total. The van der Waals surface area contributed by atoms with Gasteiger partial charge in [0.25, 0.3) is 11.8 Å². The summed E-state index contributed by atoms with van der Waals surface area (Å²) < 4.78 is 13.2. The summed E-state index contributed by atoms with van der Waals surface area (Å²) in [6.07, 6.45) is 2.15. The molecule has 0 saturated carbocycles. The van der Waals surface area contributed by atoms with Crippen LogP contribution in [0.2, 0.25) is 0 Å². The number of halogens is 1. The van der Waals surface area contributed by atoms with E-state index in [0.717, 1.165) is 16.7 Å². The van der Waals surface area contributed by atoms with Crippen LogP contribution < -0.4 is 15.8 Å². The molecule has 10 nitrogen and oxygen atoms in total. The largest absolute Gasteiger partial charge is 0.477 e. The van der Waals surface area contributed by atoms with Crippen molar-refractivity contribution in [3.63, 3.8) is 0 Å². The lowest BCUT2D eigenvalue weighted by Crippen LogP contribution is -2.38. The van der Waals surface area contributed by atoms with Gasteiger partial charge in [0.05, 0.1) is 37.7 Å². The van der Waals surface area contributed by atoms with Gasteiger partial charge in [0, 0.05) is 29.4 Å². The van der Waals surface area contributed by atoms with Crippen molar-refractivity contribution in [2.75, 3.05) is 44.8 Å². The minimum Gasteiger partial charge on any atom is -0.477 e. The molecular weight excluding hydrogens is 515 g/mol. The summed E-state index contributed by atoms with van der Waals surface area (Å²) in [5, 5.41) is 7.38. The van der Waals surface area contributed by atoms with Crippen LogP contribution >= 0.6 is 22.6 Å². The Morgan fingerprint density at radius 1 is 1.29 bits per heavy atom. The first-order valence-corrected chi connectivity index (χ1v) is 11.3. The maximum absolute atomic E-state index is 13.1. The van der Waals surface area contributed by atoms with Crippen LogP contribution in [0.4, 0.5) is 5.69 Å². The van der Waals surface area contributed by atoms with Crippen molar-refractivity contribution < 1.29 is 19.1 Å². The number of carbonyl (C=O) groups is 2. The number of carbonyl (C=O) groups excluding carboxylic acids is 2. The van der Waals surface area contributed by atoms with Gasteiger partial charge in [-0.05, 0) is 42.0 Å². The first-order valence-electron chi connectivity index (χ1n) is 10.2. The Hall–Kier alpha value is -2.25. The molecule has 0 radical (unpaired) electrons. The van der Waals surface area contributed by atoms with Gasteiger partial charge in [-0.1, -0.05) is 6.92 Å². The Morgan fingerprint density at radius 2 is 2.03 bits per heavy atom. The molecule has 0 spiro atoms. The molecule has 1 saturated heterocycles. The van der Waals surface area contributed by atoms with E-state index in [0.29, 0.717) is 50.7 Å². The fourth-order valence-corrected chi connectivity index (χ4v) is 3.84. The number of anilines is 1. The number of amides is 2. The zero-order chi connectivity index (χ0) is 22.4. The molecule has 1 aliphatic heterocycles. The number of rotatable bonds is 9. The predicted octanol–water partition coefficient (Wildman–Crippen LogP) is 1.53. The Kier molecular flexibility index (Phi) is 8.21. The summed E-state index contributed by atoms with van der Waals surface area (Å²) in [7, 11) is 0. The van der Waals surface area contributed by atoms with Crippen LogP contribution in [0.1, 0.15) is 40.4 Å². The highest BCUT2D eigenvalue weighted by Crippen LogP contribution is 2.25. The van der Waals surface area contributed by atoms with Crippen molar-refractivity contribution >= 4 is 40.1 Å². The molecule has 0 aliphatic carbocycles. The van der Waals surface area contributed by atoms with E-state index in [1.807, 2.05) is 13.8 Å². The molecule has 1 fully saturated rings. The summed E-state index contributed by atoms with van der Waals surface area (Å²) in [5.41, 5.74) is 7.09. The van der Waals surface area contributed by atoms with Gasteiger partial charge in [0.15, 0.2) is 0 Å². The van der Waals surface area contributed by atoms with Crippen molar-refractivity contribution in [1.82, 2.24) is 19.7 Å². The van der Waals surface area contributed by atoms with E-state index in [9.17, 15) is 9.59 Å². The number of aryl methyl sites for hydroxylation is 1. The monoisotopic (exact) mass is 542 g/mol. The maximum atomic E-state index is 13.1. The number of nitrogens with zero attached hydrogens (tertiary/aromatic N) is 4. The van der Waals surface area contributed by atoms with Gasteiger partial charge in [0.2, 0.25) is 5.88 Å². The van der Waals surface area contributed by atoms with Crippen LogP contribution in [0.5, 0.6) is 5.88 Å². The van der Waals surface area contributed by atoms with Crippen molar-refractivity contribution in [3.05, 3.63) is 32.8 Å². The quantitative estimate of drug-likeness (QED) is 0.461. The van der Waals surface area contributed by atoms with Gasteiger partial charge in [-0.25, -0.2) is 4.98 Å². The lowest BCUT2D eigenvalue weighted by atomic mass is 10.2. The topological polar surface area (TPSA) is 125 Å². The number of primary amides is 1. The van der Waals surface area contributed by atoms with Crippen molar-refractivity contribution in [2.45, 2.75) is 26.8 Å². The lowest BCUT2D eigenvalue weighted by Gasteiger charge is -2.26. The van der Waals surface area contributed by atoms with E-state index in [1.54, 1.807) is 16.9 Å². The van der Waals surface area contributed by atoms with E-state index >= 15 is 0 Å². The van der Waals surface area contributed by atoms with Crippen LogP contribution in [-0.2, 0) is 17.7 Å². The van der Waals surface area contributed by atoms with Gasteiger partial charge >= 0.3 is 0 Å². The second-order valence-corrected chi connectivity index (χ2v) is 8.20. The second kappa shape index (κ2) is 10.9. The highest BCUT2D eigenvalue weighted by molar-refractivity contribution is 14.1. The highest BCUT2D eigenvalue weighted by Gasteiger charge is 2.25. The van der Waals surface area contributed by atoms with E-state index < -0.39 is 11.8 Å². The molecule has 2 amide bonds. The van der Waals surface area contributed by atoms with E-state index in [2.05, 4.69) is 42.9 Å². The Bertz CT molecular complexity index is 942. The molecule has 31 heavy (non-hydrogen) atoms. The molecular formula is C20H27IN6O4. The smallest absolute Gasteiger partial charge is 0.269 e. The second-order valence-electron chi connectivity index (χ2n) is 6.96. The Morgan fingerprint density at radius 3 is 2.68 bits per heavy atom. The standard InChI is InChI=1S/C20H27IN6O4/c1-3-15-16(24-19(29)14-11-13(21)12-23-20(14)31-4-2)17(18(22)28)27(25-15)6-5-26-7-9-30-10-8-26/h11-12H,3-10H2,1-2H3,(H2,22,28)(H,24,29). The van der Waals surface area contributed by atoms with Crippen molar-refractivity contribution in [3.8, 4) is 5.88 Å². The average Bonchev–Trinajstić information content (AvgIpc) is 3.11. The molecule has 0 bridgehead atoms. The van der Waals surface area contributed by atoms with E-state index in [-0.39, 0.29) is 17.1 Å². The fourth-order valence-electron chi connectivity index (χ4n) is 3.39. The minimum absolute atomic E-state index is 0.190. The Labute approximate surface area is 194 Å². The lowest BCUT2D eigenvalue weighted by molar-refractivity contribution is 0.0358. The third-order valence-corrected chi connectivity index (χ3v) is 5.50.